The molecule has 0 saturated heterocycles. The lowest BCUT2D eigenvalue weighted by Gasteiger charge is -2.13. The van der Waals surface area contributed by atoms with Crippen LogP contribution in [0.15, 0.2) is 41.3 Å². The van der Waals surface area contributed by atoms with E-state index in [0.29, 0.717) is 35.8 Å². The van der Waals surface area contributed by atoms with Crippen LogP contribution in [0.2, 0.25) is 0 Å². The van der Waals surface area contributed by atoms with Crippen LogP contribution in [0.3, 0.4) is 0 Å². The molecule has 2 aromatic rings. The average Bonchev–Trinajstić information content (AvgIpc) is 2.59. The molecule has 27 heavy (non-hydrogen) atoms. The number of fused-ring (bicyclic) bond motifs is 1. The summed E-state index contributed by atoms with van der Waals surface area (Å²) in [5.74, 6) is -0.402. The van der Waals surface area contributed by atoms with Crippen molar-refractivity contribution in [2.75, 3.05) is 11.9 Å². The minimum Gasteiger partial charge on any atom is -0.356 e. The molecule has 2 amide bonds. The van der Waals surface area contributed by atoms with Crippen molar-refractivity contribution < 1.29 is 22.6 Å². The first-order valence-electron chi connectivity index (χ1n) is 8.49. The Bertz CT molecular complexity index is 943. The summed E-state index contributed by atoms with van der Waals surface area (Å²) in [6, 6.07) is 8.53. The van der Waals surface area contributed by atoms with Gasteiger partial charge in [0.15, 0.2) is 0 Å². The van der Waals surface area contributed by atoms with Crippen LogP contribution in [-0.4, -0.2) is 37.4 Å². The van der Waals surface area contributed by atoms with Crippen LogP contribution >= 0.6 is 0 Å². The molecule has 1 atom stereocenters. The summed E-state index contributed by atoms with van der Waals surface area (Å²) < 4.78 is 31.5. The van der Waals surface area contributed by atoms with Crippen LogP contribution in [0.5, 0.6) is 0 Å². The Morgan fingerprint density at radius 3 is 2.44 bits per heavy atom. The summed E-state index contributed by atoms with van der Waals surface area (Å²) in [7, 11) is -4.26. The maximum absolute atomic E-state index is 12.2. The Labute approximate surface area is 157 Å². The van der Waals surface area contributed by atoms with Crippen LogP contribution in [0, 0.1) is 0 Å². The van der Waals surface area contributed by atoms with Gasteiger partial charge >= 0.3 is 0 Å². The molecule has 8 nitrogen and oxygen atoms in total. The average molecular weight is 393 g/mol. The Morgan fingerprint density at radius 2 is 1.78 bits per heavy atom. The topological polar surface area (TPSA) is 139 Å². The van der Waals surface area contributed by atoms with Gasteiger partial charge in [-0.05, 0) is 54.3 Å². The van der Waals surface area contributed by atoms with Crippen molar-refractivity contribution in [3.63, 3.8) is 0 Å². The molecule has 0 heterocycles. The van der Waals surface area contributed by atoms with Crippen LogP contribution in [0.4, 0.5) is 5.69 Å². The van der Waals surface area contributed by atoms with Crippen LogP contribution in [-0.2, 0) is 19.7 Å². The second-order valence-electron chi connectivity index (χ2n) is 6.27. The molecule has 0 aliphatic carbocycles. The number of benzene rings is 2. The van der Waals surface area contributed by atoms with Crippen molar-refractivity contribution in [1.82, 2.24) is 5.32 Å². The highest BCUT2D eigenvalue weighted by Crippen LogP contribution is 2.22. The molecule has 9 heteroatoms. The van der Waals surface area contributed by atoms with Gasteiger partial charge in [-0.15, -0.1) is 0 Å². The highest BCUT2D eigenvalue weighted by atomic mass is 32.2. The Kier molecular flexibility index (Phi) is 6.89. The van der Waals surface area contributed by atoms with Crippen molar-refractivity contribution in [3.8, 4) is 0 Å². The largest absolute Gasteiger partial charge is 0.356 e. The van der Waals surface area contributed by atoms with Gasteiger partial charge in [-0.3, -0.25) is 14.1 Å². The molecule has 0 aromatic heterocycles. The number of hydrogen-bond donors (Lipinski definition) is 4. The molecule has 0 spiro atoms. The van der Waals surface area contributed by atoms with Gasteiger partial charge < -0.3 is 16.4 Å². The number of anilines is 1. The molecule has 5 N–H and O–H groups in total. The van der Waals surface area contributed by atoms with Gasteiger partial charge in [-0.1, -0.05) is 12.1 Å². The van der Waals surface area contributed by atoms with Gasteiger partial charge in [0.2, 0.25) is 11.8 Å². The molecule has 0 fully saturated rings. The number of hydrogen-bond acceptors (Lipinski definition) is 5. The molecular formula is C18H23N3O5S. The molecular weight excluding hydrogens is 370 g/mol. The highest BCUT2D eigenvalue weighted by Gasteiger charge is 2.14. The van der Waals surface area contributed by atoms with Gasteiger partial charge in [-0.25, -0.2) is 0 Å². The lowest BCUT2D eigenvalue weighted by atomic mass is 10.1. The maximum atomic E-state index is 12.2. The molecule has 2 aromatic carbocycles. The Hall–Kier alpha value is -2.49. The number of amides is 2. The lowest BCUT2D eigenvalue weighted by molar-refractivity contribution is -0.119. The number of nitrogens with two attached hydrogens (primary N) is 1. The van der Waals surface area contributed by atoms with Crippen molar-refractivity contribution in [1.29, 1.82) is 0 Å². The molecule has 146 valence electrons. The van der Waals surface area contributed by atoms with E-state index in [9.17, 15) is 18.0 Å². The van der Waals surface area contributed by atoms with Crippen molar-refractivity contribution in [2.45, 2.75) is 37.1 Å². The molecule has 0 bridgehead atoms. The van der Waals surface area contributed by atoms with E-state index in [1.54, 1.807) is 24.3 Å². The van der Waals surface area contributed by atoms with Gasteiger partial charge in [0.05, 0.1) is 10.9 Å². The molecule has 1 unspecified atom stereocenters. The summed E-state index contributed by atoms with van der Waals surface area (Å²) in [6.45, 7) is 2.01. The summed E-state index contributed by atoms with van der Waals surface area (Å²) in [5.41, 5.74) is 6.44. The zero-order valence-corrected chi connectivity index (χ0v) is 15.8. The third kappa shape index (κ3) is 6.31. The van der Waals surface area contributed by atoms with Crippen molar-refractivity contribution >= 4 is 38.4 Å². The number of unbranched alkanes of at least 4 members (excludes halogenated alkanes) is 1. The van der Waals surface area contributed by atoms with Crippen molar-refractivity contribution in [2.24, 2.45) is 5.73 Å². The summed E-state index contributed by atoms with van der Waals surface area (Å²) in [5, 5.41) is 6.75. The van der Waals surface area contributed by atoms with E-state index in [1.807, 2.05) is 0 Å². The standard InChI is InChI=1S/C18H23N3O5S/c1-12(22)20-9-3-2-4-17(19)18(23)21-15-7-5-14-11-16(27(24,25)26)8-6-13(14)10-15/h5-8,10-11,17H,2-4,9,19H2,1H3,(H,20,22)(H,21,23)(H,24,25,26). The minimum absolute atomic E-state index is 0.0861. The Morgan fingerprint density at radius 1 is 1.11 bits per heavy atom. The molecule has 2 rings (SSSR count). The second kappa shape index (κ2) is 8.94. The molecule has 0 aliphatic rings. The van der Waals surface area contributed by atoms with Crippen LogP contribution in [0.1, 0.15) is 26.2 Å². The third-order valence-electron chi connectivity index (χ3n) is 4.03. The van der Waals surface area contributed by atoms with E-state index < -0.39 is 16.2 Å². The highest BCUT2D eigenvalue weighted by molar-refractivity contribution is 7.85. The van der Waals surface area contributed by atoms with Gasteiger partial charge in [-0.2, -0.15) is 8.42 Å². The smallest absolute Gasteiger partial charge is 0.294 e. The van der Waals surface area contributed by atoms with Gasteiger partial charge in [0.25, 0.3) is 10.1 Å². The zero-order valence-electron chi connectivity index (χ0n) is 14.9. The minimum atomic E-state index is -4.26. The first-order chi connectivity index (χ1) is 12.7. The van der Waals surface area contributed by atoms with E-state index in [4.69, 9.17) is 10.3 Å². The van der Waals surface area contributed by atoms with Gasteiger partial charge in [0, 0.05) is 19.2 Å². The molecule has 0 saturated carbocycles. The molecule has 0 aliphatic heterocycles. The zero-order chi connectivity index (χ0) is 20.0. The first-order valence-corrected chi connectivity index (χ1v) is 9.93. The van der Waals surface area contributed by atoms with E-state index in [1.165, 1.54) is 19.1 Å². The van der Waals surface area contributed by atoms with E-state index in [0.717, 1.165) is 6.42 Å². The van der Waals surface area contributed by atoms with Gasteiger partial charge in [0.1, 0.15) is 0 Å². The van der Waals surface area contributed by atoms with Crippen molar-refractivity contribution in [3.05, 3.63) is 36.4 Å². The number of carbonyl (C=O) groups is 2. The fourth-order valence-electron chi connectivity index (χ4n) is 2.58. The van der Waals surface area contributed by atoms with Crippen LogP contribution < -0.4 is 16.4 Å². The number of carbonyl (C=O) groups excluding carboxylic acids is 2. The fraction of sp³-hybridized carbons (Fsp3) is 0.333. The van der Waals surface area contributed by atoms with E-state index in [2.05, 4.69) is 10.6 Å². The van der Waals surface area contributed by atoms with E-state index in [-0.39, 0.29) is 16.7 Å². The Balaban J connectivity index is 1.95. The number of nitrogens with one attached hydrogen (secondary N) is 2. The summed E-state index contributed by atoms with van der Waals surface area (Å²) in [4.78, 5) is 22.8. The monoisotopic (exact) mass is 393 g/mol. The predicted molar refractivity (Wildman–Crippen MR) is 103 cm³/mol. The lowest BCUT2D eigenvalue weighted by Crippen LogP contribution is -2.35. The summed E-state index contributed by atoms with van der Waals surface area (Å²) in [6.07, 6.45) is 1.95. The summed E-state index contributed by atoms with van der Waals surface area (Å²) >= 11 is 0. The van der Waals surface area contributed by atoms with E-state index >= 15 is 0 Å². The SMILES string of the molecule is CC(=O)NCCCCC(N)C(=O)Nc1ccc2cc(S(=O)(=O)O)ccc2c1. The predicted octanol–water partition coefficient (Wildman–Crippen LogP) is 1.66. The fourth-order valence-corrected chi connectivity index (χ4v) is 3.10. The quantitative estimate of drug-likeness (QED) is 0.397. The number of rotatable bonds is 8. The van der Waals surface area contributed by atoms with Crippen LogP contribution in [0.25, 0.3) is 10.8 Å². The third-order valence-corrected chi connectivity index (χ3v) is 4.88. The first kappa shape index (κ1) is 20.8. The maximum Gasteiger partial charge on any atom is 0.294 e. The normalized spacial score (nSPS) is 12.6. The second-order valence-corrected chi connectivity index (χ2v) is 7.69. The molecule has 0 radical (unpaired) electrons.